The maximum absolute atomic E-state index is 12.1. The smallest absolute Gasteiger partial charge is 0.229 e. The van der Waals surface area contributed by atoms with Crippen LogP contribution in [0.2, 0.25) is 0 Å². The first-order chi connectivity index (χ1) is 11.5. The molecule has 3 aromatic rings. The number of aromatic nitrogens is 3. The number of aryl methyl sites for hydroxylation is 2. The summed E-state index contributed by atoms with van der Waals surface area (Å²) in [5.74, 6) is 0.488. The van der Waals surface area contributed by atoms with E-state index >= 15 is 0 Å². The zero-order valence-corrected chi connectivity index (χ0v) is 15.6. The predicted octanol–water partition coefficient (Wildman–Crippen LogP) is 3.67. The lowest BCUT2D eigenvalue weighted by molar-refractivity contribution is -0.115. The fourth-order valence-corrected chi connectivity index (χ4v) is 2.79. The molecule has 0 saturated carbocycles. The van der Waals surface area contributed by atoms with E-state index in [0.29, 0.717) is 12.2 Å². The molecule has 0 unspecified atom stereocenters. The Labute approximate surface area is 154 Å². The second kappa shape index (κ2) is 7.12. The summed E-state index contributed by atoms with van der Waals surface area (Å²) in [7, 11) is 0. The molecule has 5 nitrogen and oxygen atoms in total. The number of pyridine rings is 1. The average Bonchev–Trinajstić information content (AvgIpc) is 2.89. The highest BCUT2D eigenvalue weighted by molar-refractivity contribution is 14.1. The maximum Gasteiger partial charge on any atom is 0.229 e. The third-order valence-electron chi connectivity index (χ3n) is 3.55. The molecule has 0 aliphatic carbocycles. The number of nitrogens with zero attached hydrogens (tertiary/aromatic N) is 3. The van der Waals surface area contributed by atoms with Gasteiger partial charge in [0.15, 0.2) is 0 Å². The zero-order chi connectivity index (χ0) is 17.1. The summed E-state index contributed by atoms with van der Waals surface area (Å²) >= 11 is 2.18. The molecule has 2 aromatic heterocycles. The van der Waals surface area contributed by atoms with Crippen molar-refractivity contribution in [3.05, 3.63) is 69.2 Å². The highest BCUT2D eigenvalue weighted by atomic mass is 127. The van der Waals surface area contributed by atoms with Crippen LogP contribution in [0.4, 0.5) is 5.82 Å². The van der Waals surface area contributed by atoms with Crippen molar-refractivity contribution in [2.24, 2.45) is 0 Å². The van der Waals surface area contributed by atoms with E-state index in [-0.39, 0.29) is 5.91 Å². The molecule has 0 atom stereocenters. The summed E-state index contributed by atoms with van der Waals surface area (Å²) in [4.78, 5) is 16.3. The largest absolute Gasteiger partial charge is 0.310 e. The van der Waals surface area contributed by atoms with Crippen molar-refractivity contribution in [2.45, 2.75) is 20.3 Å². The number of hydrogen-bond acceptors (Lipinski definition) is 3. The number of benzene rings is 1. The Morgan fingerprint density at radius 1 is 1.17 bits per heavy atom. The van der Waals surface area contributed by atoms with Gasteiger partial charge >= 0.3 is 0 Å². The summed E-state index contributed by atoms with van der Waals surface area (Å²) in [6.45, 7) is 4.00. The zero-order valence-electron chi connectivity index (χ0n) is 13.5. The summed E-state index contributed by atoms with van der Waals surface area (Å²) in [6, 6.07) is 13.6. The minimum Gasteiger partial charge on any atom is -0.310 e. The highest BCUT2D eigenvalue weighted by Gasteiger charge is 2.07. The molecule has 0 aliphatic rings. The molecule has 1 N–H and O–H groups in total. The molecule has 1 amide bonds. The van der Waals surface area contributed by atoms with Crippen molar-refractivity contribution in [2.75, 3.05) is 5.32 Å². The van der Waals surface area contributed by atoms with Crippen LogP contribution < -0.4 is 5.32 Å². The van der Waals surface area contributed by atoms with Gasteiger partial charge in [0, 0.05) is 15.5 Å². The molecule has 122 valence electrons. The minimum absolute atomic E-state index is 0.0810. The van der Waals surface area contributed by atoms with E-state index in [4.69, 9.17) is 0 Å². The maximum atomic E-state index is 12.1. The van der Waals surface area contributed by atoms with Crippen molar-refractivity contribution in [1.29, 1.82) is 0 Å². The van der Waals surface area contributed by atoms with Gasteiger partial charge in [0.1, 0.15) is 5.82 Å². The Bertz CT molecular complexity index is 854. The molecule has 0 fully saturated rings. The van der Waals surface area contributed by atoms with Crippen LogP contribution in [0.15, 0.2) is 48.7 Å². The molecular weight excluding hydrogens is 415 g/mol. The van der Waals surface area contributed by atoms with Gasteiger partial charge in [-0.15, -0.1) is 0 Å². The molecule has 3 rings (SSSR count). The number of amides is 1. The van der Waals surface area contributed by atoms with Gasteiger partial charge in [-0.2, -0.15) is 5.10 Å². The van der Waals surface area contributed by atoms with Gasteiger partial charge < -0.3 is 5.32 Å². The first-order valence-electron chi connectivity index (χ1n) is 7.55. The molecule has 1 aromatic carbocycles. The fourth-order valence-electron chi connectivity index (χ4n) is 2.47. The van der Waals surface area contributed by atoms with E-state index in [0.717, 1.165) is 26.2 Å². The lowest BCUT2D eigenvalue weighted by Gasteiger charge is -2.07. The molecule has 2 heterocycles. The number of rotatable bonds is 4. The van der Waals surface area contributed by atoms with Gasteiger partial charge in [-0.3, -0.25) is 4.79 Å². The van der Waals surface area contributed by atoms with Crippen LogP contribution in [-0.2, 0) is 11.2 Å². The molecule has 0 radical (unpaired) electrons. The quantitative estimate of drug-likeness (QED) is 0.641. The molecule has 0 bridgehead atoms. The van der Waals surface area contributed by atoms with Crippen molar-refractivity contribution >= 4 is 34.3 Å². The van der Waals surface area contributed by atoms with Crippen LogP contribution >= 0.6 is 22.6 Å². The normalized spacial score (nSPS) is 10.6. The van der Waals surface area contributed by atoms with E-state index < -0.39 is 0 Å². The lowest BCUT2D eigenvalue weighted by atomic mass is 10.1. The van der Waals surface area contributed by atoms with Crippen LogP contribution in [0.5, 0.6) is 0 Å². The third-order valence-corrected chi connectivity index (χ3v) is 4.19. The first-order valence-corrected chi connectivity index (χ1v) is 8.63. The van der Waals surface area contributed by atoms with Gasteiger partial charge in [-0.25, -0.2) is 9.67 Å². The van der Waals surface area contributed by atoms with Crippen LogP contribution in [0, 0.1) is 17.4 Å². The summed E-state index contributed by atoms with van der Waals surface area (Å²) < 4.78 is 2.93. The number of halogens is 1. The summed E-state index contributed by atoms with van der Waals surface area (Å²) in [5, 5.41) is 7.27. The first kappa shape index (κ1) is 16.6. The molecule has 0 aliphatic heterocycles. The number of carbonyl (C=O) groups excluding carboxylic acids is 1. The van der Waals surface area contributed by atoms with Gasteiger partial charge in [-0.05, 0) is 72.3 Å². The van der Waals surface area contributed by atoms with Gasteiger partial charge in [0.2, 0.25) is 5.91 Å². The van der Waals surface area contributed by atoms with Gasteiger partial charge in [-0.1, -0.05) is 12.1 Å². The van der Waals surface area contributed by atoms with Crippen LogP contribution in [0.1, 0.15) is 17.0 Å². The van der Waals surface area contributed by atoms with Gasteiger partial charge in [0.25, 0.3) is 0 Å². The van der Waals surface area contributed by atoms with E-state index in [9.17, 15) is 4.79 Å². The van der Waals surface area contributed by atoms with E-state index in [1.807, 2.05) is 54.9 Å². The second-order valence-electron chi connectivity index (χ2n) is 5.59. The van der Waals surface area contributed by atoms with Crippen molar-refractivity contribution in [3.63, 3.8) is 0 Å². The van der Waals surface area contributed by atoms with Gasteiger partial charge in [0.05, 0.1) is 17.8 Å². The number of anilines is 1. The summed E-state index contributed by atoms with van der Waals surface area (Å²) in [6.07, 6.45) is 2.03. The average molecular weight is 432 g/mol. The molecule has 0 saturated heterocycles. The Morgan fingerprint density at radius 2 is 1.92 bits per heavy atom. The molecule has 0 spiro atoms. The van der Waals surface area contributed by atoms with E-state index in [1.165, 1.54) is 0 Å². The number of hydrogen-bond donors (Lipinski definition) is 1. The van der Waals surface area contributed by atoms with Crippen LogP contribution in [0.3, 0.4) is 0 Å². The standard InChI is InChI=1S/C18H17IN4O/c1-12-9-13(2)23(22-12)16-6-3-14(4-7-16)10-18(24)21-17-8-5-15(19)11-20-17/h3-9,11H,10H2,1-2H3,(H,20,21,24). The fraction of sp³-hybridized carbons (Fsp3) is 0.167. The monoisotopic (exact) mass is 432 g/mol. The Kier molecular flexibility index (Phi) is 4.94. The van der Waals surface area contributed by atoms with Crippen molar-refractivity contribution in [3.8, 4) is 5.69 Å². The van der Waals surface area contributed by atoms with Crippen molar-refractivity contribution < 1.29 is 4.79 Å². The Balaban J connectivity index is 1.66. The Morgan fingerprint density at radius 3 is 2.50 bits per heavy atom. The minimum atomic E-state index is -0.0810. The molecular formula is C18H17IN4O. The van der Waals surface area contributed by atoms with Crippen LogP contribution in [0.25, 0.3) is 5.69 Å². The Hall–Kier alpha value is -2.22. The van der Waals surface area contributed by atoms with Crippen LogP contribution in [-0.4, -0.2) is 20.7 Å². The van der Waals surface area contributed by atoms with E-state index in [2.05, 4.69) is 38.0 Å². The third kappa shape index (κ3) is 4.00. The topological polar surface area (TPSA) is 59.8 Å². The summed E-state index contributed by atoms with van der Waals surface area (Å²) in [5.41, 5.74) is 4.01. The van der Waals surface area contributed by atoms with E-state index in [1.54, 1.807) is 12.3 Å². The lowest BCUT2D eigenvalue weighted by Crippen LogP contribution is -2.15. The second-order valence-corrected chi connectivity index (χ2v) is 6.84. The number of nitrogens with one attached hydrogen (secondary N) is 1. The predicted molar refractivity (Wildman–Crippen MR) is 102 cm³/mol. The molecule has 6 heteroatoms. The number of carbonyl (C=O) groups is 1. The van der Waals surface area contributed by atoms with Crippen molar-refractivity contribution in [1.82, 2.24) is 14.8 Å². The molecule has 24 heavy (non-hydrogen) atoms. The SMILES string of the molecule is Cc1cc(C)n(-c2ccc(CC(=O)Nc3ccc(I)cn3)cc2)n1. The highest BCUT2D eigenvalue weighted by Crippen LogP contribution is 2.14.